The molecule has 2 fully saturated rings. The number of esters is 7. The first-order chi connectivity index (χ1) is 27.7. The number of carbonyl (C=O) groups is 7. The van der Waals surface area contributed by atoms with E-state index in [0.717, 1.165) is 27.7 Å². The van der Waals surface area contributed by atoms with Crippen LogP contribution in [0.4, 0.5) is 0 Å². The Balaban J connectivity index is 1.61. The molecule has 0 bridgehead atoms. The first-order valence-corrected chi connectivity index (χ1v) is 18.1. The van der Waals surface area contributed by atoms with E-state index in [1.54, 1.807) is 54.6 Å². The maximum atomic E-state index is 13.8. The van der Waals surface area contributed by atoms with E-state index in [9.17, 15) is 33.6 Å². The average Bonchev–Trinajstić information content (AvgIpc) is 3.19. The second-order valence-electron chi connectivity index (χ2n) is 13.1. The van der Waals surface area contributed by atoms with Crippen LogP contribution in [0.1, 0.15) is 65.7 Å². The average molecular weight is 807 g/mol. The molecule has 308 valence electrons. The SMILES string of the molecule is CC(=O)OC[C@H]1OC(OC(C)=O)[C@H](O[C@@H]2O[C@@H](C)[C@@H](OC(=O)c3ccccc3)[C@@H](OC(=O)c3ccccc3)[C@@H]2OC(=O)c2ccccc2)[C@@H](OC(C)=O)[C@H]1OC(C)=O. The zero-order valence-corrected chi connectivity index (χ0v) is 32.1. The number of rotatable bonds is 13. The molecule has 3 aromatic carbocycles. The fourth-order valence-electron chi connectivity index (χ4n) is 6.23. The van der Waals surface area contributed by atoms with Crippen LogP contribution in [0, 0.1) is 0 Å². The highest BCUT2D eigenvalue weighted by Crippen LogP contribution is 2.36. The van der Waals surface area contributed by atoms with Gasteiger partial charge in [0.25, 0.3) is 0 Å². The Morgan fingerprint density at radius 3 is 1.31 bits per heavy atom. The molecule has 10 atom stereocenters. The van der Waals surface area contributed by atoms with Crippen LogP contribution in [0.2, 0.25) is 0 Å². The maximum absolute atomic E-state index is 13.8. The molecule has 2 saturated heterocycles. The quantitative estimate of drug-likeness (QED) is 0.179. The molecule has 2 aliphatic heterocycles. The van der Waals surface area contributed by atoms with Crippen molar-refractivity contribution in [1.82, 2.24) is 0 Å². The van der Waals surface area contributed by atoms with Crippen LogP contribution in [-0.2, 0) is 66.5 Å². The van der Waals surface area contributed by atoms with Crippen LogP contribution >= 0.6 is 0 Å². The Morgan fingerprint density at radius 2 is 0.862 bits per heavy atom. The molecule has 58 heavy (non-hydrogen) atoms. The van der Waals surface area contributed by atoms with Crippen LogP contribution in [-0.4, -0.2) is 110 Å². The highest BCUT2D eigenvalue weighted by molar-refractivity contribution is 5.91. The van der Waals surface area contributed by atoms with Gasteiger partial charge < -0.3 is 47.4 Å². The summed E-state index contributed by atoms with van der Waals surface area (Å²) in [4.78, 5) is 90.3. The van der Waals surface area contributed by atoms with Gasteiger partial charge in [-0.05, 0) is 43.3 Å². The van der Waals surface area contributed by atoms with Crippen molar-refractivity contribution < 1.29 is 80.9 Å². The first-order valence-electron chi connectivity index (χ1n) is 18.1. The molecule has 0 spiro atoms. The normalized spacial score (nSPS) is 26.5. The van der Waals surface area contributed by atoms with Crippen molar-refractivity contribution in [1.29, 1.82) is 0 Å². The predicted octanol–water partition coefficient (Wildman–Crippen LogP) is 3.51. The van der Waals surface area contributed by atoms with E-state index in [-0.39, 0.29) is 16.7 Å². The first kappa shape index (κ1) is 43.0. The van der Waals surface area contributed by atoms with Gasteiger partial charge in [-0.3, -0.25) is 19.2 Å². The van der Waals surface area contributed by atoms with E-state index in [1.807, 2.05) is 0 Å². The maximum Gasteiger partial charge on any atom is 0.338 e. The Bertz CT molecular complexity index is 1920. The lowest BCUT2D eigenvalue weighted by Gasteiger charge is -2.48. The zero-order chi connectivity index (χ0) is 41.9. The largest absolute Gasteiger partial charge is 0.463 e. The second-order valence-corrected chi connectivity index (χ2v) is 13.1. The van der Waals surface area contributed by atoms with E-state index in [1.165, 1.54) is 43.3 Å². The Kier molecular flexibility index (Phi) is 14.7. The van der Waals surface area contributed by atoms with E-state index in [2.05, 4.69) is 0 Å². The third-order valence-corrected chi connectivity index (χ3v) is 8.70. The molecule has 2 heterocycles. The van der Waals surface area contributed by atoms with Gasteiger partial charge in [-0.15, -0.1) is 0 Å². The van der Waals surface area contributed by atoms with Crippen molar-refractivity contribution in [2.24, 2.45) is 0 Å². The lowest BCUT2D eigenvalue weighted by atomic mass is 9.96. The monoisotopic (exact) mass is 806 g/mol. The summed E-state index contributed by atoms with van der Waals surface area (Å²) < 4.78 is 58.3. The summed E-state index contributed by atoms with van der Waals surface area (Å²) in [6, 6.07) is 23.5. The van der Waals surface area contributed by atoms with E-state index in [4.69, 9.17) is 47.4 Å². The molecule has 17 heteroatoms. The highest BCUT2D eigenvalue weighted by Gasteiger charge is 2.57. The van der Waals surface area contributed by atoms with Crippen LogP contribution in [0.5, 0.6) is 0 Å². The van der Waals surface area contributed by atoms with Gasteiger partial charge >= 0.3 is 41.8 Å². The molecule has 0 saturated carbocycles. The van der Waals surface area contributed by atoms with Gasteiger partial charge in [-0.2, -0.15) is 0 Å². The summed E-state index contributed by atoms with van der Waals surface area (Å²) in [5.41, 5.74) is 0.297. The molecule has 17 nitrogen and oxygen atoms in total. The summed E-state index contributed by atoms with van der Waals surface area (Å²) in [6.07, 6.45) is -16.0. The van der Waals surface area contributed by atoms with Crippen molar-refractivity contribution in [3.05, 3.63) is 108 Å². The molecule has 5 rings (SSSR count). The van der Waals surface area contributed by atoms with Crippen molar-refractivity contribution >= 4 is 41.8 Å². The van der Waals surface area contributed by atoms with Crippen LogP contribution in [0.25, 0.3) is 0 Å². The van der Waals surface area contributed by atoms with Crippen molar-refractivity contribution in [2.45, 2.75) is 96.0 Å². The van der Waals surface area contributed by atoms with E-state index < -0.39 is 110 Å². The van der Waals surface area contributed by atoms with Gasteiger partial charge in [-0.1, -0.05) is 54.6 Å². The second kappa shape index (κ2) is 19.8. The van der Waals surface area contributed by atoms with Crippen LogP contribution < -0.4 is 0 Å². The number of benzene rings is 3. The molecular formula is C41H42O17. The molecule has 0 N–H and O–H groups in total. The number of hydrogen-bond acceptors (Lipinski definition) is 17. The van der Waals surface area contributed by atoms with E-state index in [0.29, 0.717) is 0 Å². The minimum absolute atomic E-state index is 0.0608. The van der Waals surface area contributed by atoms with Gasteiger partial charge in [-0.25, -0.2) is 14.4 Å². The molecule has 0 amide bonds. The Labute approximate surface area is 332 Å². The molecule has 0 aromatic heterocycles. The Hall–Kier alpha value is -6.17. The smallest absolute Gasteiger partial charge is 0.338 e. The fourth-order valence-corrected chi connectivity index (χ4v) is 6.23. The lowest BCUT2D eigenvalue weighted by Crippen LogP contribution is -2.66. The molecule has 1 unspecified atom stereocenters. The van der Waals surface area contributed by atoms with Crippen LogP contribution in [0.3, 0.4) is 0 Å². The third kappa shape index (κ3) is 11.2. The minimum Gasteiger partial charge on any atom is -0.463 e. The zero-order valence-electron chi connectivity index (χ0n) is 32.1. The number of hydrogen-bond donors (Lipinski definition) is 0. The van der Waals surface area contributed by atoms with Crippen LogP contribution in [0.15, 0.2) is 91.0 Å². The summed E-state index contributed by atoms with van der Waals surface area (Å²) in [5, 5.41) is 0. The third-order valence-electron chi connectivity index (χ3n) is 8.70. The number of ether oxygens (including phenoxy) is 10. The lowest BCUT2D eigenvalue weighted by molar-refractivity contribution is -0.358. The number of carbonyl (C=O) groups excluding carboxylic acids is 7. The van der Waals surface area contributed by atoms with E-state index >= 15 is 0 Å². The molecule has 0 radical (unpaired) electrons. The molecular weight excluding hydrogens is 764 g/mol. The van der Waals surface area contributed by atoms with Gasteiger partial charge in [0.1, 0.15) is 12.7 Å². The van der Waals surface area contributed by atoms with Crippen molar-refractivity contribution in [3.8, 4) is 0 Å². The molecule has 2 aliphatic rings. The highest BCUT2D eigenvalue weighted by atomic mass is 16.8. The topological polar surface area (TPSA) is 212 Å². The standard InChI is InChI=1S/C41H42O17/c1-22-31(55-37(46)27-15-9-6-10-16-27)33(56-38(47)28-17-11-7-12-18-28)35(57-39(48)29-19-13-8-14-20-29)40(50-22)58-36-34(52-25(4)44)32(51-24(3)43)30(21-49-23(2)42)54-41(36)53-26(5)45/h6-20,22,30-36,40-41H,21H2,1-5H3/t22-,30+,31+,32-,33+,34-,35-,36+,40-,41?/m0/s1. The van der Waals surface area contributed by atoms with Crippen molar-refractivity contribution in [3.63, 3.8) is 0 Å². The summed E-state index contributed by atoms with van der Waals surface area (Å²) in [5.74, 6) is -6.08. The Morgan fingerprint density at radius 1 is 0.448 bits per heavy atom. The summed E-state index contributed by atoms with van der Waals surface area (Å²) in [6.45, 7) is 5.21. The predicted molar refractivity (Wildman–Crippen MR) is 194 cm³/mol. The van der Waals surface area contributed by atoms with Gasteiger partial charge in [0.2, 0.25) is 6.29 Å². The van der Waals surface area contributed by atoms with Gasteiger partial charge in [0.15, 0.2) is 42.9 Å². The minimum atomic E-state index is -1.81. The molecule has 3 aromatic rings. The fraction of sp³-hybridized carbons (Fsp3) is 0.390. The summed E-state index contributed by atoms with van der Waals surface area (Å²) >= 11 is 0. The summed E-state index contributed by atoms with van der Waals surface area (Å²) in [7, 11) is 0. The van der Waals surface area contributed by atoms with Crippen molar-refractivity contribution in [2.75, 3.05) is 6.61 Å². The van der Waals surface area contributed by atoms with Gasteiger partial charge in [0, 0.05) is 27.7 Å². The molecule has 0 aliphatic carbocycles. The van der Waals surface area contributed by atoms with Gasteiger partial charge in [0.05, 0.1) is 22.8 Å².